The highest BCUT2D eigenvalue weighted by molar-refractivity contribution is 4.77. The standard InChI is InChI=1S/C11H23NO2/c1-3-7-13-9-10(12-2)11-6-4-5-8-14-11/h10-12H,3-9H2,1-2H3. The molecule has 2 unspecified atom stereocenters. The van der Waals surface area contributed by atoms with E-state index < -0.39 is 0 Å². The lowest BCUT2D eigenvalue weighted by Crippen LogP contribution is -2.44. The molecular weight excluding hydrogens is 178 g/mol. The molecule has 1 aliphatic heterocycles. The molecule has 84 valence electrons. The molecule has 0 aliphatic carbocycles. The predicted octanol–water partition coefficient (Wildman–Crippen LogP) is 1.57. The molecule has 0 amide bonds. The number of likely N-dealkylation sites (N-methyl/N-ethyl adjacent to an activating group) is 1. The van der Waals surface area contributed by atoms with Crippen molar-refractivity contribution in [2.24, 2.45) is 0 Å². The highest BCUT2D eigenvalue weighted by Gasteiger charge is 2.22. The monoisotopic (exact) mass is 201 g/mol. The highest BCUT2D eigenvalue weighted by Crippen LogP contribution is 2.15. The Morgan fingerprint density at radius 3 is 2.93 bits per heavy atom. The van der Waals surface area contributed by atoms with Crippen molar-refractivity contribution < 1.29 is 9.47 Å². The van der Waals surface area contributed by atoms with Crippen LogP contribution in [0.25, 0.3) is 0 Å². The molecule has 0 spiro atoms. The van der Waals surface area contributed by atoms with Crippen molar-refractivity contribution in [1.82, 2.24) is 5.32 Å². The van der Waals surface area contributed by atoms with Crippen LogP contribution in [-0.2, 0) is 9.47 Å². The summed E-state index contributed by atoms with van der Waals surface area (Å²) in [5.74, 6) is 0. The largest absolute Gasteiger partial charge is 0.380 e. The molecule has 1 saturated heterocycles. The Balaban J connectivity index is 2.21. The zero-order chi connectivity index (χ0) is 10.2. The summed E-state index contributed by atoms with van der Waals surface area (Å²) in [6, 6.07) is 0.363. The Morgan fingerprint density at radius 2 is 2.36 bits per heavy atom. The van der Waals surface area contributed by atoms with Crippen LogP contribution in [0.5, 0.6) is 0 Å². The molecule has 1 N–H and O–H groups in total. The average Bonchev–Trinajstić information content (AvgIpc) is 2.26. The van der Waals surface area contributed by atoms with Crippen molar-refractivity contribution in [3.8, 4) is 0 Å². The molecule has 1 aliphatic rings. The summed E-state index contributed by atoms with van der Waals surface area (Å²) in [5, 5.41) is 3.28. The Bertz CT molecular complexity index is 135. The van der Waals surface area contributed by atoms with Crippen LogP contribution in [0, 0.1) is 0 Å². The topological polar surface area (TPSA) is 30.5 Å². The molecule has 1 heterocycles. The van der Waals surface area contributed by atoms with Crippen LogP contribution in [0.15, 0.2) is 0 Å². The lowest BCUT2D eigenvalue weighted by Gasteiger charge is -2.30. The van der Waals surface area contributed by atoms with Crippen LogP contribution in [0.1, 0.15) is 32.6 Å². The fourth-order valence-electron chi connectivity index (χ4n) is 1.81. The maximum Gasteiger partial charge on any atom is 0.0750 e. The number of rotatable bonds is 6. The summed E-state index contributed by atoms with van der Waals surface area (Å²) >= 11 is 0. The van der Waals surface area contributed by atoms with E-state index in [9.17, 15) is 0 Å². The first kappa shape index (κ1) is 12.0. The van der Waals surface area contributed by atoms with Gasteiger partial charge < -0.3 is 14.8 Å². The average molecular weight is 201 g/mol. The molecule has 0 bridgehead atoms. The van der Waals surface area contributed by atoms with Gasteiger partial charge in [0.2, 0.25) is 0 Å². The predicted molar refractivity (Wildman–Crippen MR) is 57.5 cm³/mol. The SMILES string of the molecule is CCCOCC(NC)C1CCCCO1. The van der Waals surface area contributed by atoms with E-state index in [0.29, 0.717) is 12.1 Å². The summed E-state index contributed by atoms with van der Waals surface area (Å²) in [4.78, 5) is 0. The number of hydrogen-bond donors (Lipinski definition) is 1. The zero-order valence-electron chi connectivity index (χ0n) is 9.42. The van der Waals surface area contributed by atoms with Crippen molar-refractivity contribution in [3.63, 3.8) is 0 Å². The second-order valence-corrected chi connectivity index (χ2v) is 3.88. The third-order valence-electron chi connectivity index (χ3n) is 2.68. The van der Waals surface area contributed by atoms with E-state index in [-0.39, 0.29) is 0 Å². The fourth-order valence-corrected chi connectivity index (χ4v) is 1.81. The molecular formula is C11H23NO2. The second-order valence-electron chi connectivity index (χ2n) is 3.88. The van der Waals surface area contributed by atoms with E-state index in [0.717, 1.165) is 26.2 Å². The Kier molecular flexibility index (Phi) is 6.15. The summed E-state index contributed by atoms with van der Waals surface area (Å²) < 4.78 is 11.3. The normalized spacial score (nSPS) is 24.9. The minimum absolute atomic E-state index is 0.352. The van der Waals surface area contributed by atoms with Crippen molar-refractivity contribution in [3.05, 3.63) is 0 Å². The summed E-state index contributed by atoms with van der Waals surface area (Å²) in [7, 11) is 1.98. The first-order valence-corrected chi connectivity index (χ1v) is 5.75. The van der Waals surface area contributed by atoms with Gasteiger partial charge in [0.1, 0.15) is 0 Å². The van der Waals surface area contributed by atoms with Crippen molar-refractivity contribution in [1.29, 1.82) is 0 Å². The molecule has 3 nitrogen and oxygen atoms in total. The molecule has 0 aromatic carbocycles. The van der Waals surface area contributed by atoms with Crippen molar-refractivity contribution in [2.75, 3.05) is 26.9 Å². The van der Waals surface area contributed by atoms with Gasteiger partial charge in [0.05, 0.1) is 18.8 Å². The van der Waals surface area contributed by atoms with Gasteiger partial charge >= 0.3 is 0 Å². The van der Waals surface area contributed by atoms with Gasteiger partial charge in [0, 0.05) is 13.2 Å². The molecule has 0 aromatic rings. The molecule has 0 radical (unpaired) electrons. The molecule has 0 saturated carbocycles. The van der Waals surface area contributed by atoms with E-state index in [4.69, 9.17) is 9.47 Å². The van der Waals surface area contributed by atoms with Gasteiger partial charge in [-0.15, -0.1) is 0 Å². The van der Waals surface area contributed by atoms with Crippen molar-refractivity contribution >= 4 is 0 Å². The first-order valence-electron chi connectivity index (χ1n) is 5.75. The molecule has 14 heavy (non-hydrogen) atoms. The molecule has 0 aromatic heterocycles. The minimum Gasteiger partial charge on any atom is -0.380 e. The number of hydrogen-bond acceptors (Lipinski definition) is 3. The van der Waals surface area contributed by atoms with E-state index >= 15 is 0 Å². The minimum atomic E-state index is 0.352. The van der Waals surface area contributed by atoms with Crippen LogP contribution in [0.3, 0.4) is 0 Å². The van der Waals surface area contributed by atoms with E-state index in [1.54, 1.807) is 0 Å². The molecule has 3 heteroatoms. The zero-order valence-corrected chi connectivity index (χ0v) is 9.42. The third-order valence-corrected chi connectivity index (χ3v) is 2.68. The van der Waals surface area contributed by atoms with Gasteiger partial charge in [-0.2, -0.15) is 0 Å². The maximum absolute atomic E-state index is 5.72. The van der Waals surface area contributed by atoms with Crippen molar-refractivity contribution in [2.45, 2.75) is 44.8 Å². The van der Waals surface area contributed by atoms with Crippen LogP contribution in [0.4, 0.5) is 0 Å². The number of nitrogens with one attached hydrogen (secondary N) is 1. The third kappa shape index (κ3) is 3.95. The summed E-state index contributed by atoms with van der Waals surface area (Å²) in [5.41, 5.74) is 0. The quantitative estimate of drug-likeness (QED) is 0.662. The Hall–Kier alpha value is -0.120. The Morgan fingerprint density at radius 1 is 1.50 bits per heavy atom. The van der Waals surface area contributed by atoms with Crippen LogP contribution >= 0.6 is 0 Å². The van der Waals surface area contributed by atoms with Gasteiger partial charge in [0.15, 0.2) is 0 Å². The van der Waals surface area contributed by atoms with E-state index in [1.165, 1.54) is 19.3 Å². The maximum atomic E-state index is 5.72. The van der Waals surface area contributed by atoms with Crippen LogP contribution in [-0.4, -0.2) is 39.0 Å². The van der Waals surface area contributed by atoms with Gasteiger partial charge in [0.25, 0.3) is 0 Å². The summed E-state index contributed by atoms with van der Waals surface area (Å²) in [6.07, 6.45) is 5.10. The van der Waals surface area contributed by atoms with Crippen LogP contribution in [0.2, 0.25) is 0 Å². The fraction of sp³-hybridized carbons (Fsp3) is 1.00. The van der Waals surface area contributed by atoms with Gasteiger partial charge in [-0.1, -0.05) is 6.92 Å². The molecule has 2 atom stereocenters. The Labute approximate surface area is 87.2 Å². The van der Waals surface area contributed by atoms with Gasteiger partial charge in [-0.05, 0) is 32.7 Å². The summed E-state index contributed by atoms with van der Waals surface area (Å²) in [6.45, 7) is 4.67. The number of ether oxygens (including phenoxy) is 2. The van der Waals surface area contributed by atoms with Crippen LogP contribution < -0.4 is 5.32 Å². The second kappa shape index (κ2) is 7.21. The van der Waals surface area contributed by atoms with E-state index in [2.05, 4.69) is 12.2 Å². The van der Waals surface area contributed by atoms with Gasteiger partial charge in [-0.3, -0.25) is 0 Å². The first-order chi connectivity index (χ1) is 6.88. The highest BCUT2D eigenvalue weighted by atomic mass is 16.5. The van der Waals surface area contributed by atoms with Gasteiger partial charge in [-0.25, -0.2) is 0 Å². The lowest BCUT2D eigenvalue weighted by molar-refractivity contribution is -0.0287. The molecule has 1 fully saturated rings. The lowest BCUT2D eigenvalue weighted by atomic mass is 10.0. The van der Waals surface area contributed by atoms with E-state index in [1.807, 2.05) is 7.05 Å². The smallest absolute Gasteiger partial charge is 0.0750 e. The molecule has 1 rings (SSSR count).